The van der Waals surface area contributed by atoms with E-state index >= 15 is 0 Å². The van der Waals surface area contributed by atoms with Crippen molar-refractivity contribution in [3.05, 3.63) is 45.5 Å². The Kier molecular flexibility index (Phi) is 4.62. The van der Waals surface area contributed by atoms with Gasteiger partial charge in [-0.2, -0.15) is 0 Å². The number of nitrogens with one attached hydrogen (secondary N) is 1. The molecule has 1 heterocycles. The molecule has 0 saturated heterocycles. The number of halogens is 2. The van der Waals surface area contributed by atoms with E-state index < -0.39 is 0 Å². The van der Waals surface area contributed by atoms with Crippen molar-refractivity contribution in [3.8, 4) is 0 Å². The lowest BCUT2D eigenvalue weighted by Gasteiger charge is -2.16. The minimum atomic E-state index is -0.257. The van der Waals surface area contributed by atoms with E-state index in [1.165, 1.54) is 4.90 Å². The zero-order valence-corrected chi connectivity index (χ0v) is 12.7. The maximum Gasteiger partial charge on any atom is 0.293 e. The van der Waals surface area contributed by atoms with Gasteiger partial charge in [0.2, 0.25) is 5.82 Å². The van der Waals surface area contributed by atoms with Crippen LogP contribution in [0.1, 0.15) is 28.9 Å². The number of rotatable bonds is 4. The summed E-state index contributed by atoms with van der Waals surface area (Å²) in [5.74, 6) is 0.590. The van der Waals surface area contributed by atoms with Crippen LogP contribution in [-0.2, 0) is 13.0 Å². The van der Waals surface area contributed by atoms with Crippen LogP contribution in [0.5, 0.6) is 0 Å². The van der Waals surface area contributed by atoms with Gasteiger partial charge in [0, 0.05) is 30.1 Å². The first-order valence-corrected chi connectivity index (χ1v) is 6.87. The Morgan fingerprint density at radius 3 is 2.75 bits per heavy atom. The van der Waals surface area contributed by atoms with Crippen molar-refractivity contribution in [2.24, 2.45) is 0 Å². The molecule has 0 bridgehead atoms. The van der Waals surface area contributed by atoms with E-state index in [9.17, 15) is 4.79 Å². The molecule has 0 atom stereocenters. The highest BCUT2D eigenvalue weighted by Gasteiger charge is 2.17. The van der Waals surface area contributed by atoms with Crippen molar-refractivity contribution < 1.29 is 4.79 Å². The Balaban J connectivity index is 2.11. The van der Waals surface area contributed by atoms with Gasteiger partial charge >= 0.3 is 0 Å². The van der Waals surface area contributed by atoms with E-state index in [4.69, 9.17) is 23.2 Å². The fourth-order valence-electron chi connectivity index (χ4n) is 1.70. The monoisotopic (exact) mass is 312 g/mol. The number of carbonyl (C=O) groups is 1. The lowest BCUT2D eigenvalue weighted by atomic mass is 10.2. The second-order valence-electron chi connectivity index (χ2n) is 4.36. The lowest BCUT2D eigenvalue weighted by molar-refractivity contribution is 0.0773. The molecule has 1 amide bonds. The Morgan fingerprint density at radius 1 is 1.40 bits per heavy atom. The SMILES string of the molecule is CCc1nc(C(=O)N(C)Cc2ccc(Cl)cc2Cl)n[nH]1. The van der Waals surface area contributed by atoms with Crippen LogP contribution in [0, 0.1) is 0 Å². The topological polar surface area (TPSA) is 61.9 Å². The van der Waals surface area contributed by atoms with Gasteiger partial charge in [-0.1, -0.05) is 36.2 Å². The van der Waals surface area contributed by atoms with Crippen molar-refractivity contribution in [3.63, 3.8) is 0 Å². The van der Waals surface area contributed by atoms with Crippen LogP contribution in [0.4, 0.5) is 0 Å². The number of aryl methyl sites for hydroxylation is 1. The zero-order valence-electron chi connectivity index (χ0n) is 11.2. The second kappa shape index (κ2) is 6.24. The highest BCUT2D eigenvalue weighted by atomic mass is 35.5. The van der Waals surface area contributed by atoms with Crippen LogP contribution in [0.3, 0.4) is 0 Å². The van der Waals surface area contributed by atoms with Gasteiger partial charge in [-0.3, -0.25) is 9.89 Å². The van der Waals surface area contributed by atoms with Crippen molar-refractivity contribution in [1.29, 1.82) is 0 Å². The Labute approximate surface area is 126 Å². The second-order valence-corrected chi connectivity index (χ2v) is 5.20. The molecular formula is C13H14Cl2N4O. The highest BCUT2D eigenvalue weighted by molar-refractivity contribution is 6.35. The third kappa shape index (κ3) is 3.29. The Morgan fingerprint density at radius 2 is 2.15 bits per heavy atom. The number of aromatic nitrogens is 3. The first-order valence-electron chi connectivity index (χ1n) is 6.12. The standard InChI is InChI=1S/C13H14Cl2N4O/c1-3-11-16-12(18-17-11)13(20)19(2)7-8-4-5-9(14)6-10(8)15/h4-6H,3,7H2,1-2H3,(H,16,17,18). The number of nitrogens with zero attached hydrogens (tertiary/aromatic N) is 3. The minimum absolute atomic E-state index is 0.162. The van der Waals surface area contributed by atoms with Gasteiger partial charge in [-0.25, -0.2) is 4.98 Å². The van der Waals surface area contributed by atoms with Gasteiger partial charge in [0.05, 0.1) is 0 Å². The Bertz CT molecular complexity index is 627. The molecule has 0 radical (unpaired) electrons. The summed E-state index contributed by atoms with van der Waals surface area (Å²) < 4.78 is 0. The summed E-state index contributed by atoms with van der Waals surface area (Å²) in [6.45, 7) is 2.30. The molecule has 0 saturated carbocycles. The summed E-state index contributed by atoms with van der Waals surface area (Å²) in [5.41, 5.74) is 0.818. The van der Waals surface area contributed by atoms with Gasteiger partial charge in [0.25, 0.3) is 5.91 Å². The molecule has 5 nitrogen and oxygen atoms in total. The molecule has 2 aromatic rings. The molecule has 7 heteroatoms. The molecule has 0 aliphatic rings. The summed E-state index contributed by atoms with van der Waals surface area (Å²) in [5, 5.41) is 7.72. The molecule has 106 valence electrons. The molecule has 1 aromatic carbocycles. The molecule has 1 N–H and O–H groups in total. The number of carbonyl (C=O) groups excluding carboxylic acids is 1. The molecule has 0 aliphatic heterocycles. The molecule has 2 rings (SSSR count). The summed E-state index contributed by atoms with van der Waals surface area (Å²) in [6, 6.07) is 5.19. The number of hydrogen-bond donors (Lipinski definition) is 1. The summed E-state index contributed by atoms with van der Waals surface area (Å²) in [6.07, 6.45) is 0.701. The van der Waals surface area contributed by atoms with E-state index in [1.807, 2.05) is 6.92 Å². The predicted octanol–water partition coefficient (Wildman–Crippen LogP) is 2.95. The van der Waals surface area contributed by atoms with Crippen LogP contribution >= 0.6 is 23.2 Å². The van der Waals surface area contributed by atoms with Gasteiger partial charge in [0.15, 0.2) is 0 Å². The van der Waals surface area contributed by atoms with Crippen molar-refractivity contribution in [1.82, 2.24) is 20.1 Å². The number of hydrogen-bond acceptors (Lipinski definition) is 3. The maximum atomic E-state index is 12.2. The first kappa shape index (κ1) is 14.8. The van der Waals surface area contributed by atoms with Crippen LogP contribution in [0.15, 0.2) is 18.2 Å². The largest absolute Gasteiger partial charge is 0.335 e. The maximum absolute atomic E-state index is 12.2. The van der Waals surface area contributed by atoms with Gasteiger partial charge in [0.1, 0.15) is 5.82 Å². The van der Waals surface area contributed by atoms with Crippen LogP contribution in [-0.4, -0.2) is 33.0 Å². The average Bonchev–Trinajstić information content (AvgIpc) is 2.89. The summed E-state index contributed by atoms with van der Waals surface area (Å²) in [7, 11) is 1.68. The van der Waals surface area contributed by atoms with Gasteiger partial charge < -0.3 is 4.90 Å². The highest BCUT2D eigenvalue weighted by Crippen LogP contribution is 2.22. The molecule has 0 aliphatic carbocycles. The van der Waals surface area contributed by atoms with Crippen LogP contribution in [0.25, 0.3) is 0 Å². The van der Waals surface area contributed by atoms with Gasteiger partial charge in [-0.05, 0) is 17.7 Å². The van der Waals surface area contributed by atoms with Crippen molar-refractivity contribution in [2.75, 3.05) is 7.05 Å². The van der Waals surface area contributed by atoms with Crippen molar-refractivity contribution >= 4 is 29.1 Å². The molecule has 0 fully saturated rings. The van der Waals surface area contributed by atoms with Crippen LogP contribution < -0.4 is 0 Å². The number of benzene rings is 1. The van der Waals surface area contributed by atoms with E-state index in [0.717, 1.165) is 5.56 Å². The van der Waals surface area contributed by atoms with E-state index in [1.54, 1.807) is 25.2 Å². The number of amides is 1. The fourth-order valence-corrected chi connectivity index (χ4v) is 2.17. The quantitative estimate of drug-likeness (QED) is 0.944. The normalized spacial score (nSPS) is 10.6. The van der Waals surface area contributed by atoms with E-state index in [2.05, 4.69) is 15.2 Å². The number of aromatic amines is 1. The average molecular weight is 313 g/mol. The smallest absolute Gasteiger partial charge is 0.293 e. The van der Waals surface area contributed by atoms with Gasteiger partial charge in [-0.15, -0.1) is 5.10 Å². The summed E-state index contributed by atoms with van der Waals surface area (Å²) >= 11 is 11.9. The third-order valence-corrected chi connectivity index (χ3v) is 3.41. The van der Waals surface area contributed by atoms with Crippen molar-refractivity contribution in [2.45, 2.75) is 19.9 Å². The lowest BCUT2D eigenvalue weighted by Crippen LogP contribution is -2.27. The predicted molar refractivity (Wildman–Crippen MR) is 78.0 cm³/mol. The molecule has 1 aromatic heterocycles. The minimum Gasteiger partial charge on any atom is -0.335 e. The fraction of sp³-hybridized carbons (Fsp3) is 0.308. The summed E-state index contributed by atoms with van der Waals surface area (Å²) in [4.78, 5) is 17.8. The van der Waals surface area contributed by atoms with E-state index in [0.29, 0.717) is 28.8 Å². The zero-order chi connectivity index (χ0) is 14.7. The number of H-pyrrole nitrogens is 1. The molecule has 20 heavy (non-hydrogen) atoms. The first-order chi connectivity index (χ1) is 9.51. The van der Waals surface area contributed by atoms with Crippen LogP contribution in [0.2, 0.25) is 10.0 Å². The van der Waals surface area contributed by atoms with E-state index in [-0.39, 0.29) is 11.7 Å². The molecule has 0 unspecified atom stereocenters. The third-order valence-electron chi connectivity index (χ3n) is 2.83. The molecule has 0 spiro atoms. The molecular weight excluding hydrogens is 299 g/mol. The Hall–Kier alpha value is -1.59.